The van der Waals surface area contributed by atoms with E-state index < -0.39 is 5.60 Å². The quantitative estimate of drug-likeness (QED) is 0.741. The number of nitrogens with zero attached hydrogens (tertiary/aromatic N) is 1. The van der Waals surface area contributed by atoms with Crippen molar-refractivity contribution in [2.45, 2.75) is 53.6 Å². The Morgan fingerprint density at radius 1 is 1.33 bits per heavy atom. The third kappa shape index (κ3) is 11.4. The van der Waals surface area contributed by atoms with Gasteiger partial charge in [-0.25, -0.2) is 4.79 Å². The molecule has 0 heterocycles. The fraction of sp³-hybridized carbons (Fsp3) is 0.857. The van der Waals surface area contributed by atoms with Gasteiger partial charge < -0.3 is 10.1 Å². The average Bonchev–Trinajstić information content (AvgIpc) is 2.13. The van der Waals surface area contributed by atoms with E-state index in [-0.39, 0.29) is 6.09 Å². The first-order valence-electron chi connectivity index (χ1n) is 6.67. The molecule has 106 valence electrons. The topological polar surface area (TPSA) is 50.7 Å². The molecular weight excluding hydrogens is 228 g/mol. The van der Waals surface area contributed by atoms with Crippen LogP contribution in [0.25, 0.3) is 0 Å². The number of alkyl carbamates (subject to hydrolysis) is 1. The van der Waals surface area contributed by atoms with Crippen molar-refractivity contribution in [1.82, 2.24) is 5.32 Å². The lowest BCUT2D eigenvalue weighted by Gasteiger charge is -2.19. The predicted octanol–water partition coefficient (Wildman–Crippen LogP) is 3.26. The van der Waals surface area contributed by atoms with Crippen LogP contribution in [0.1, 0.15) is 48.0 Å². The van der Waals surface area contributed by atoms with Gasteiger partial charge in [0.2, 0.25) is 0 Å². The minimum atomic E-state index is -0.436. The lowest BCUT2D eigenvalue weighted by Crippen LogP contribution is -2.33. The molecule has 1 amide bonds. The van der Waals surface area contributed by atoms with Gasteiger partial charge in [0.05, 0.1) is 0 Å². The van der Waals surface area contributed by atoms with E-state index in [1.165, 1.54) is 0 Å². The second-order valence-corrected chi connectivity index (χ2v) is 6.10. The monoisotopic (exact) mass is 256 g/mol. The number of hydrogen-bond donors (Lipinski definition) is 1. The molecule has 4 heteroatoms. The van der Waals surface area contributed by atoms with Gasteiger partial charge in [-0.3, -0.25) is 4.99 Å². The van der Waals surface area contributed by atoms with Gasteiger partial charge in [-0.05, 0) is 39.0 Å². The van der Waals surface area contributed by atoms with Crippen LogP contribution < -0.4 is 5.32 Å². The summed E-state index contributed by atoms with van der Waals surface area (Å²) in [6, 6.07) is 0. The summed E-state index contributed by atoms with van der Waals surface area (Å²) < 4.78 is 5.15. The zero-order valence-corrected chi connectivity index (χ0v) is 12.6. The Morgan fingerprint density at radius 3 is 2.44 bits per heavy atom. The van der Waals surface area contributed by atoms with Crippen molar-refractivity contribution in [2.75, 3.05) is 13.1 Å². The van der Waals surface area contributed by atoms with Crippen LogP contribution in [0.2, 0.25) is 0 Å². The second kappa shape index (κ2) is 8.11. The largest absolute Gasteiger partial charge is 0.444 e. The fourth-order valence-electron chi connectivity index (χ4n) is 1.24. The maximum atomic E-state index is 11.4. The standard InChI is InChI=1S/C14H28N2O2/c1-11(2)9-15-10-12(3)7-8-16-13(17)18-14(4,5)6/h10-12H,7-9H2,1-6H3,(H,16,17). The van der Waals surface area contributed by atoms with E-state index in [0.717, 1.165) is 13.0 Å². The van der Waals surface area contributed by atoms with Crippen molar-refractivity contribution in [1.29, 1.82) is 0 Å². The van der Waals surface area contributed by atoms with E-state index in [1.54, 1.807) is 0 Å². The summed E-state index contributed by atoms with van der Waals surface area (Å²) in [7, 11) is 0. The molecule has 0 saturated carbocycles. The highest BCUT2D eigenvalue weighted by atomic mass is 16.6. The molecule has 1 atom stereocenters. The lowest BCUT2D eigenvalue weighted by molar-refractivity contribution is 0.0526. The number of nitrogens with one attached hydrogen (secondary N) is 1. The molecule has 0 radical (unpaired) electrons. The molecule has 4 nitrogen and oxygen atoms in total. The Hall–Kier alpha value is -1.06. The summed E-state index contributed by atoms with van der Waals surface area (Å²) in [6.45, 7) is 13.4. The number of carbonyl (C=O) groups is 1. The number of aliphatic imine (C=N–C) groups is 1. The van der Waals surface area contributed by atoms with Crippen LogP contribution in [-0.2, 0) is 4.74 Å². The van der Waals surface area contributed by atoms with Gasteiger partial charge in [0.1, 0.15) is 5.60 Å². The van der Waals surface area contributed by atoms with Gasteiger partial charge in [0.25, 0.3) is 0 Å². The van der Waals surface area contributed by atoms with Crippen LogP contribution in [0.15, 0.2) is 4.99 Å². The maximum absolute atomic E-state index is 11.4. The van der Waals surface area contributed by atoms with Crippen LogP contribution >= 0.6 is 0 Å². The molecule has 0 fully saturated rings. The molecule has 0 rings (SSSR count). The second-order valence-electron chi connectivity index (χ2n) is 6.10. The Labute approximate surface area is 111 Å². The van der Waals surface area contributed by atoms with Gasteiger partial charge in [0.15, 0.2) is 0 Å². The van der Waals surface area contributed by atoms with Gasteiger partial charge >= 0.3 is 6.09 Å². The molecule has 0 aromatic carbocycles. The molecule has 0 aliphatic carbocycles. The molecule has 0 saturated heterocycles. The molecular formula is C14H28N2O2. The normalized spacial score (nSPS) is 13.9. The smallest absolute Gasteiger partial charge is 0.407 e. The van der Waals surface area contributed by atoms with Crippen molar-refractivity contribution in [3.63, 3.8) is 0 Å². The molecule has 1 N–H and O–H groups in total. The SMILES string of the molecule is CC(C)CN=CC(C)CCNC(=O)OC(C)(C)C. The number of amides is 1. The summed E-state index contributed by atoms with van der Waals surface area (Å²) in [5.41, 5.74) is -0.436. The molecule has 0 spiro atoms. The van der Waals surface area contributed by atoms with Crippen LogP contribution in [0.5, 0.6) is 0 Å². The van der Waals surface area contributed by atoms with E-state index in [4.69, 9.17) is 4.74 Å². The summed E-state index contributed by atoms with van der Waals surface area (Å²) in [5.74, 6) is 0.965. The molecule has 18 heavy (non-hydrogen) atoms. The predicted molar refractivity (Wildman–Crippen MR) is 76.2 cm³/mol. The Morgan fingerprint density at radius 2 is 1.94 bits per heavy atom. The number of hydrogen-bond acceptors (Lipinski definition) is 3. The first-order chi connectivity index (χ1) is 8.20. The molecule has 0 aromatic heterocycles. The lowest BCUT2D eigenvalue weighted by atomic mass is 10.1. The number of ether oxygens (including phenoxy) is 1. The molecule has 1 unspecified atom stereocenters. The third-order valence-electron chi connectivity index (χ3n) is 2.10. The van der Waals surface area contributed by atoms with E-state index in [0.29, 0.717) is 18.4 Å². The average molecular weight is 256 g/mol. The van der Waals surface area contributed by atoms with E-state index in [2.05, 4.69) is 31.1 Å². The number of rotatable bonds is 6. The van der Waals surface area contributed by atoms with E-state index in [9.17, 15) is 4.79 Å². The summed E-state index contributed by atoms with van der Waals surface area (Å²) in [4.78, 5) is 15.7. The minimum Gasteiger partial charge on any atom is -0.444 e. The molecule has 0 aliphatic heterocycles. The molecule has 0 bridgehead atoms. The van der Waals surface area contributed by atoms with Gasteiger partial charge in [-0.2, -0.15) is 0 Å². The zero-order valence-electron chi connectivity index (χ0n) is 12.6. The van der Waals surface area contributed by atoms with Gasteiger partial charge in [0, 0.05) is 19.3 Å². The van der Waals surface area contributed by atoms with Crippen LogP contribution in [0, 0.1) is 11.8 Å². The van der Waals surface area contributed by atoms with Crippen molar-refractivity contribution in [3.05, 3.63) is 0 Å². The van der Waals surface area contributed by atoms with Crippen molar-refractivity contribution >= 4 is 12.3 Å². The summed E-state index contributed by atoms with van der Waals surface area (Å²) >= 11 is 0. The highest BCUT2D eigenvalue weighted by molar-refractivity contribution is 5.67. The molecule has 0 aromatic rings. The van der Waals surface area contributed by atoms with Crippen molar-refractivity contribution in [2.24, 2.45) is 16.8 Å². The van der Waals surface area contributed by atoms with Crippen molar-refractivity contribution < 1.29 is 9.53 Å². The highest BCUT2D eigenvalue weighted by Crippen LogP contribution is 2.06. The Bertz CT molecular complexity index is 267. The van der Waals surface area contributed by atoms with Crippen LogP contribution in [0.4, 0.5) is 4.79 Å². The molecule has 0 aliphatic rings. The van der Waals surface area contributed by atoms with Crippen LogP contribution in [-0.4, -0.2) is 31.0 Å². The Kier molecular flexibility index (Phi) is 7.64. The highest BCUT2D eigenvalue weighted by Gasteiger charge is 2.15. The summed E-state index contributed by atoms with van der Waals surface area (Å²) in [5, 5.41) is 2.75. The van der Waals surface area contributed by atoms with Gasteiger partial charge in [-0.1, -0.05) is 20.8 Å². The maximum Gasteiger partial charge on any atom is 0.407 e. The first kappa shape index (κ1) is 16.9. The third-order valence-corrected chi connectivity index (χ3v) is 2.10. The fourth-order valence-corrected chi connectivity index (χ4v) is 1.24. The zero-order chi connectivity index (χ0) is 14.2. The number of carbonyl (C=O) groups excluding carboxylic acids is 1. The van der Waals surface area contributed by atoms with E-state index >= 15 is 0 Å². The Balaban J connectivity index is 3.71. The van der Waals surface area contributed by atoms with Crippen LogP contribution in [0.3, 0.4) is 0 Å². The van der Waals surface area contributed by atoms with Crippen molar-refractivity contribution in [3.8, 4) is 0 Å². The first-order valence-corrected chi connectivity index (χ1v) is 6.67. The van der Waals surface area contributed by atoms with E-state index in [1.807, 2.05) is 27.0 Å². The minimum absolute atomic E-state index is 0.353. The van der Waals surface area contributed by atoms with Gasteiger partial charge in [-0.15, -0.1) is 0 Å². The summed E-state index contributed by atoms with van der Waals surface area (Å²) in [6.07, 6.45) is 2.49.